The highest BCUT2D eigenvalue weighted by molar-refractivity contribution is 6.31. The maximum absolute atomic E-state index is 13.2. The van der Waals surface area contributed by atoms with Crippen LogP contribution in [0.2, 0.25) is 5.02 Å². The topological polar surface area (TPSA) is 32.8 Å². The summed E-state index contributed by atoms with van der Waals surface area (Å²) in [7, 11) is 0. The van der Waals surface area contributed by atoms with E-state index in [0.717, 1.165) is 75.3 Å². The third-order valence-corrected chi connectivity index (χ3v) is 6.34. The van der Waals surface area contributed by atoms with Gasteiger partial charge in [-0.1, -0.05) is 17.7 Å². The van der Waals surface area contributed by atoms with Crippen molar-refractivity contribution in [3.05, 3.63) is 64.4 Å². The summed E-state index contributed by atoms with van der Waals surface area (Å²) in [6.45, 7) is 4.25. The van der Waals surface area contributed by atoms with Crippen LogP contribution in [0.1, 0.15) is 48.0 Å². The molecule has 1 amide bonds. The molecule has 2 aliphatic heterocycles. The number of hydrogen-bond donors (Lipinski definition) is 0. The van der Waals surface area contributed by atoms with Crippen molar-refractivity contribution in [3.63, 3.8) is 0 Å². The van der Waals surface area contributed by atoms with E-state index in [1.54, 1.807) is 6.07 Å². The smallest absolute Gasteiger partial charge is 0.253 e. The summed E-state index contributed by atoms with van der Waals surface area (Å²) in [6, 6.07) is 12.1. The molecule has 2 aliphatic rings. The fourth-order valence-electron chi connectivity index (χ4n) is 4.22. The van der Waals surface area contributed by atoms with Gasteiger partial charge in [0.25, 0.3) is 5.91 Å². The lowest BCUT2D eigenvalue weighted by atomic mass is 10.1. The minimum Gasteiger partial charge on any atom is -0.490 e. The van der Waals surface area contributed by atoms with Crippen molar-refractivity contribution in [2.24, 2.45) is 0 Å². The number of hydrogen-bond acceptors (Lipinski definition) is 3. The molecule has 4 nitrogen and oxygen atoms in total. The fraction of sp³-hybridized carbons (Fsp3) is 0.458. The third-order valence-electron chi connectivity index (χ3n) is 5.99. The number of halogens is 2. The number of nitrogens with zero attached hydrogens (tertiary/aromatic N) is 2. The van der Waals surface area contributed by atoms with Gasteiger partial charge in [0.2, 0.25) is 0 Å². The molecule has 2 aromatic rings. The lowest BCUT2D eigenvalue weighted by Gasteiger charge is -2.32. The zero-order chi connectivity index (χ0) is 20.9. The normalized spacial score (nSPS) is 18.4. The van der Waals surface area contributed by atoms with Crippen LogP contribution in [-0.2, 0) is 6.54 Å². The molecule has 0 aliphatic carbocycles. The van der Waals surface area contributed by atoms with Crippen LogP contribution < -0.4 is 4.74 Å². The molecule has 0 aromatic heterocycles. The summed E-state index contributed by atoms with van der Waals surface area (Å²) in [5, 5.41) is 0.479. The maximum Gasteiger partial charge on any atom is 0.253 e. The summed E-state index contributed by atoms with van der Waals surface area (Å²) in [5.41, 5.74) is 1.68. The number of benzene rings is 2. The second-order valence-electron chi connectivity index (χ2n) is 8.21. The number of carbonyl (C=O) groups excluding carboxylic acids is 1. The molecule has 0 spiro atoms. The second-order valence-corrected chi connectivity index (χ2v) is 8.61. The molecule has 4 rings (SSSR count). The molecule has 0 N–H and O–H groups in total. The van der Waals surface area contributed by atoms with Gasteiger partial charge in [-0.3, -0.25) is 9.69 Å². The van der Waals surface area contributed by atoms with Crippen LogP contribution in [-0.4, -0.2) is 48.0 Å². The predicted octanol–water partition coefficient (Wildman–Crippen LogP) is 5.15. The summed E-state index contributed by atoms with van der Waals surface area (Å²) >= 11 is 6.15. The number of piperidine rings is 2. The van der Waals surface area contributed by atoms with E-state index in [2.05, 4.69) is 4.90 Å². The molecule has 2 aromatic carbocycles. The molecule has 0 bridgehead atoms. The Balaban J connectivity index is 1.26. The first-order valence-electron chi connectivity index (χ1n) is 10.8. The highest BCUT2D eigenvalue weighted by Crippen LogP contribution is 2.24. The second kappa shape index (κ2) is 9.80. The molecule has 6 heteroatoms. The van der Waals surface area contributed by atoms with Gasteiger partial charge in [0.15, 0.2) is 0 Å². The van der Waals surface area contributed by atoms with Crippen molar-refractivity contribution in [1.29, 1.82) is 0 Å². The largest absolute Gasteiger partial charge is 0.490 e. The molecule has 160 valence electrons. The average molecular weight is 431 g/mol. The summed E-state index contributed by atoms with van der Waals surface area (Å²) in [6.07, 6.45) is 5.42. The Morgan fingerprint density at radius 1 is 1.00 bits per heavy atom. The minimum absolute atomic E-state index is 0.119. The van der Waals surface area contributed by atoms with E-state index in [-0.39, 0.29) is 17.8 Å². The molecular weight excluding hydrogens is 403 g/mol. The van der Waals surface area contributed by atoms with Crippen molar-refractivity contribution in [1.82, 2.24) is 9.80 Å². The van der Waals surface area contributed by atoms with Crippen molar-refractivity contribution in [2.75, 3.05) is 26.2 Å². The predicted molar refractivity (Wildman–Crippen MR) is 117 cm³/mol. The van der Waals surface area contributed by atoms with Crippen LogP contribution in [0.5, 0.6) is 5.75 Å². The van der Waals surface area contributed by atoms with E-state index in [1.165, 1.54) is 18.6 Å². The summed E-state index contributed by atoms with van der Waals surface area (Å²) < 4.78 is 19.4. The Labute approximate surface area is 182 Å². The van der Waals surface area contributed by atoms with Gasteiger partial charge >= 0.3 is 0 Å². The molecule has 2 saturated heterocycles. The quantitative estimate of drug-likeness (QED) is 0.657. The maximum atomic E-state index is 13.2. The van der Waals surface area contributed by atoms with Crippen LogP contribution in [0, 0.1) is 5.82 Å². The molecule has 2 heterocycles. The SMILES string of the molecule is O=C(c1ccc(OC2CCN(Cc3ccc(F)cc3Cl)CC2)cc1)N1CCCCC1. The molecule has 0 saturated carbocycles. The van der Waals surface area contributed by atoms with Crippen LogP contribution in [0.4, 0.5) is 4.39 Å². The van der Waals surface area contributed by atoms with Crippen LogP contribution >= 0.6 is 11.6 Å². The van der Waals surface area contributed by atoms with Crippen molar-refractivity contribution < 1.29 is 13.9 Å². The first kappa shape index (κ1) is 21.1. The van der Waals surface area contributed by atoms with Gasteiger partial charge in [-0.15, -0.1) is 0 Å². The zero-order valence-corrected chi connectivity index (χ0v) is 17.9. The Bertz CT molecular complexity index is 860. The van der Waals surface area contributed by atoms with Crippen molar-refractivity contribution in [3.8, 4) is 5.75 Å². The van der Waals surface area contributed by atoms with Gasteiger partial charge in [0, 0.05) is 43.3 Å². The van der Waals surface area contributed by atoms with E-state index < -0.39 is 0 Å². The molecular formula is C24H28ClFN2O2. The van der Waals surface area contributed by atoms with Crippen molar-refractivity contribution >= 4 is 17.5 Å². The molecule has 0 atom stereocenters. The molecule has 2 fully saturated rings. The van der Waals surface area contributed by atoms with Gasteiger partial charge in [0.05, 0.1) is 0 Å². The summed E-state index contributed by atoms with van der Waals surface area (Å²) in [5.74, 6) is 0.624. The first-order valence-corrected chi connectivity index (χ1v) is 11.2. The minimum atomic E-state index is -0.306. The lowest BCUT2D eigenvalue weighted by Crippen LogP contribution is -2.37. The Kier molecular flexibility index (Phi) is 6.90. The Hall–Kier alpha value is -2.11. The lowest BCUT2D eigenvalue weighted by molar-refractivity contribution is 0.0724. The van der Waals surface area contributed by atoms with E-state index in [1.807, 2.05) is 29.2 Å². The number of amides is 1. The Morgan fingerprint density at radius 3 is 2.37 bits per heavy atom. The Morgan fingerprint density at radius 2 is 1.70 bits per heavy atom. The first-order chi connectivity index (χ1) is 14.6. The van der Waals surface area contributed by atoms with Gasteiger partial charge in [0.1, 0.15) is 17.7 Å². The number of carbonyl (C=O) groups is 1. The van der Waals surface area contributed by atoms with Gasteiger partial charge < -0.3 is 9.64 Å². The van der Waals surface area contributed by atoms with Crippen LogP contribution in [0.3, 0.4) is 0 Å². The molecule has 0 unspecified atom stereocenters. The van der Waals surface area contributed by atoms with E-state index >= 15 is 0 Å². The monoisotopic (exact) mass is 430 g/mol. The third kappa shape index (κ3) is 5.32. The highest BCUT2D eigenvalue weighted by atomic mass is 35.5. The van der Waals surface area contributed by atoms with E-state index in [4.69, 9.17) is 16.3 Å². The van der Waals surface area contributed by atoms with Crippen molar-refractivity contribution in [2.45, 2.75) is 44.8 Å². The number of ether oxygens (including phenoxy) is 1. The van der Waals surface area contributed by atoms with Crippen LogP contribution in [0.15, 0.2) is 42.5 Å². The summed E-state index contributed by atoms with van der Waals surface area (Å²) in [4.78, 5) is 16.8. The number of rotatable bonds is 5. The standard InChI is InChI=1S/C24H28ClFN2O2/c25-23-16-20(26)7-4-19(23)17-27-14-10-22(11-15-27)30-21-8-5-18(6-9-21)24(29)28-12-2-1-3-13-28/h4-9,16,22H,1-3,10-15,17H2. The van der Waals surface area contributed by atoms with Gasteiger partial charge in [-0.25, -0.2) is 4.39 Å². The van der Waals surface area contributed by atoms with Gasteiger partial charge in [-0.2, -0.15) is 0 Å². The van der Waals surface area contributed by atoms with Gasteiger partial charge in [-0.05, 0) is 74.1 Å². The van der Waals surface area contributed by atoms with Crippen LogP contribution in [0.25, 0.3) is 0 Å². The molecule has 0 radical (unpaired) electrons. The number of likely N-dealkylation sites (tertiary alicyclic amines) is 2. The highest BCUT2D eigenvalue weighted by Gasteiger charge is 2.22. The average Bonchev–Trinajstić information content (AvgIpc) is 2.78. The van der Waals surface area contributed by atoms with E-state index in [9.17, 15) is 9.18 Å². The zero-order valence-electron chi connectivity index (χ0n) is 17.2. The van der Waals surface area contributed by atoms with E-state index in [0.29, 0.717) is 5.02 Å². The fourth-order valence-corrected chi connectivity index (χ4v) is 4.45. The molecule has 30 heavy (non-hydrogen) atoms.